The Morgan fingerprint density at radius 2 is 1.58 bits per heavy atom. The van der Waals surface area contributed by atoms with Crippen molar-refractivity contribution < 1.29 is 22.7 Å². The third kappa shape index (κ3) is 6.16. The van der Waals surface area contributed by atoms with E-state index in [1.165, 1.54) is 28.9 Å². The van der Waals surface area contributed by atoms with Crippen LogP contribution >= 0.6 is 0 Å². The number of hydrogen-bond donors (Lipinski definition) is 2. The summed E-state index contributed by atoms with van der Waals surface area (Å²) >= 11 is 0. The molecule has 2 aromatic carbocycles. The summed E-state index contributed by atoms with van der Waals surface area (Å²) in [6, 6.07) is 16.1. The molecule has 0 aliphatic heterocycles. The van der Waals surface area contributed by atoms with Crippen molar-refractivity contribution in [2.24, 2.45) is 0 Å². The van der Waals surface area contributed by atoms with Crippen molar-refractivity contribution in [2.45, 2.75) is 25.5 Å². The number of amides is 1. The van der Waals surface area contributed by atoms with Crippen LogP contribution < -0.4 is 19.5 Å². The lowest BCUT2D eigenvalue weighted by atomic mass is 10.3. The maximum Gasteiger partial charge on any atom is 0.276 e. The summed E-state index contributed by atoms with van der Waals surface area (Å²) in [6.45, 7) is 3.62. The summed E-state index contributed by atoms with van der Waals surface area (Å²) in [5.74, 6) is 0.899. The smallest absolute Gasteiger partial charge is 0.276 e. The van der Waals surface area contributed by atoms with E-state index in [0.29, 0.717) is 22.8 Å². The third-order valence-electron chi connectivity index (χ3n) is 4.93. The average molecular weight is 509 g/mol. The number of nitrogens with zero attached hydrogens (tertiary/aromatic N) is 4. The predicted molar refractivity (Wildman–Crippen MR) is 133 cm³/mol. The summed E-state index contributed by atoms with van der Waals surface area (Å²) in [6.07, 6.45) is 1.62. The van der Waals surface area contributed by atoms with Crippen molar-refractivity contribution in [3.05, 3.63) is 83.9 Å². The number of aromatic nitrogens is 4. The normalized spacial score (nSPS) is 11.1. The average Bonchev–Trinajstić information content (AvgIpc) is 3.32. The van der Waals surface area contributed by atoms with Crippen LogP contribution in [0.2, 0.25) is 0 Å². The fourth-order valence-electron chi connectivity index (χ4n) is 3.23. The molecule has 36 heavy (non-hydrogen) atoms. The molecule has 4 rings (SSSR count). The number of carbonyl (C=O) groups excluding carboxylic acids is 1. The molecule has 0 atom stereocenters. The van der Waals surface area contributed by atoms with Crippen LogP contribution in [-0.4, -0.2) is 41.2 Å². The highest BCUT2D eigenvalue weighted by molar-refractivity contribution is 7.92. The SMILES string of the molecule is COc1ccc(OCn2ccc(C(=O)Nc3ccc(S(=O)(=O)Nc4nc(C)cc(C)n4)cc3)n2)cc1. The molecule has 0 spiro atoms. The van der Waals surface area contributed by atoms with Gasteiger partial charge >= 0.3 is 0 Å². The first kappa shape index (κ1) is 24.7. The zero-order valence-corrected chi connectivity index (χ0v) is 20.6. The number of ether oxygens (including phenoxy) is 2. The van der Waals surface area contributed by atoms with E-state index in [2.05, 4.69) is 25.1 Å². The zero-order chi connectivity index (χ0) is 25.7. The topological polar surface area (TPSA) is 137 Å². The van der Waals surface area contributed by atoms with Crippen LogP contribution in [0.25, 0.3) is 0 Å². The van der Waals surface area contributed by atoms with E-state index in [1.54, 1.807) is 63.6 Å². The molecular formula is C24H24N6O5S. The second-order valence-corrected chi connectivity index (χ2v) is 9.43. The third-order valence-corrected chi connectivity index (χ3v) is 6.27. The maximum absolute atomic E-state index is 12.7. The van der Waals surface area contributed by atoms with Gasteiger partial charge in [-0.2, -0.15) is 5.10 Å². The molecule has 0 unspecified atom stereocenters. The lowest BCUT2D eigenvalue weighted by molar-refractivity contribution is 0.102. The van der Waals surface area contributed by atoms with E-state index in [1.807, 2.05) is 0 Å². The number of sulfonamides is 1. The van der Waals surface area contributed by atoms with Gasteiger partial charge in [-0.05, 0) is 74.5 Å². The van der Waals surface area contributed by atoms with Gasteiger partial charge in [0.2, 0.25) is 5.95 Å². The van der Waals surface area contributed by atoms with Gasteiger partial charge in [0.25, 0.3) is 15.9 Å². The second-order valence-electron chi connectivity index (χ2n) is 7.75. The highest BCUT2D eigenvalue weighted by Gasteiger charge is 2.17. The molecule has 4 aromatic rings. The van der Waals surface area contributed by atoms with Crippen LogP contribution in [0.15, 0.2) is 71.8 Å². The van der Waals surface area contributed by atoms with Gasteiger partial charge in [0, 0.05) is 23.3 Å². The Bertz CT molecular complexity index is 1450. The van der Waals surface area contributed by atoms with Crippen LogP contribution in [0.1, 0.15) is 21.9 Å². The van der Waals surface area contributed by atoms with Crippen LogP contribution in [0, 0.1) is 13.8 Å². The van der Waals surface area contributed by atoms with Crippen molar-refractivity contribution in [3.8, 4) is 11.5 Å². The summed E-state index contributed by atoms with van der Waals surface area (Å²) in [5, 5.41) is 6.90. The quantitative estimate of drug-likeness (QED) is 0.351. The number of methoxy groups -OCH3 is 1. The van der Waals surface area contributed by atoms with Crippen molar-refractivity contribution in [3.63, 3.8) is 0 Å². The molecule has 0 radical (unpaired) electrons. The highest BCUT2D eigenvalue weighted by atomic mass is 32.2. The van der Waals surface area contributed by atoms with Gasteiger partial charge in [-0.1, -0.05) is 0 Å². The van der Waals surface area contributed by atoms with Crippen molar-refractivity contribution in [1.82, 2.24) is 19.7 Å². The fraction of sp³-hybridized carbons (Fsp3) is 0.167. The highest BCUT2D eigenvalue weighted by Crippen LogP contribution is 2.19. The van der Waals surface area contributed by atoms with Crippen LogP contribution in [0.3, 0.4) is 0 Å². The molecular weight excluding hydrogens is 484 g/mol. The summed E-state index contributed by atoms with van der Waals surface area (Å²) in [5.41, 5.74) is 1.88. The Balaban J connectivity index is 1.35. The van der Waals surface area contributed by atoms with Gasteiger partial charge in [0.05, 0.1) is 12.0 Å². The Morgan fingerprint density at radius 3 is 2.22 bits per heavy atom. The minimum absolute atomic E-state index is 0.00298. The first-order chi connectivity index (χ1) is 17.2. The number of carbonyl (C=O) groups is 1. The molecule has 0 saturated carbocycles. The van der Waals surface area contributed by atoms with E-state index >= 15 is 0 Å². The van der Waals surface area contributed by atoms with Crippen LogP contribution in [0.5, 0.6) is 11.5 Å². The van der Waals surface area contributed by atoms with Crippen molar-refractivity contribution in [1.29, 1.82) is 0 Å². The van der Waals surface area contributed by atoms with E-state index < -0.39 is 15.9 Å². The Labute approximate surface area is 208 Å². The van der Waals surface area contributed by atoms with Gasteiger partial charge in [-0.15, -0.1) is 0 Å². The summed E-state index contributed by atoms with van der Waals surface area (Å²) in [4.78, 5) is 20.8. The minimum atomic E-state index is -3.90. The van der Waals surface area contributed by atoms with Gasteiger partial charge in [0.15, 0.2) is 12.4 Å². The molecule has 0 fully saturated rings. The van der Waals surface area contributed by atoms with Crippen molar-refractivity contribution >= 4 is 27.6 Å². The molecule has 2 N–H and O–H groups in total. The molecule has 2 heterocycles. The molecule has 0 saturated heterocycles. The van der Waals surface area contributed by atoms with E-state index in [0.717, 1.165) is 5.75 Å². The Morgan fingerprint density at radius 1 is 0.944 bits per heavy atom. The zero-order valence-electron chi connectivity index (χ0n) is 19.8. The Kier molecular flexibility index (Phi) is 7.15. The van der Waals surface area contributed by atoms with Gasteiger partial charge < -0.3 is 14.8 Å². The Hall–Kier alpha value is -4.45. The molecule has 186 valence electrons. The number of aryl methyl sites for hydroxylation is 2. The first-order valence-corrected chi connectivity index (χ1v) is 12.3. The number of anilines is 2. The molecule has 2 aromatic heterocycles. The predicted octanol–water partition coefficient (Wildman–Crippen LogP) is 3.39. The second kappa shape index (κ2) is 10.4. The number of benzene rings is 2. The molecule has 0 aliphatic rings. The fourth-order valence-corrected chi connectivity index (χ4v) is 4.17. The van der Waals surface area contributed by atoms with Crippen LogP contribution in [-0.2, 0) is 16.8 Å². The standard InChI is InChI=1S/C24H24N6O5S/c1-16-14-17(2)26-24(25-16)29-36(32,33)21-10-4-18(5-11-21)27-23(31)22-12-13-30(28-22)15-35-20-8-6-19(34-3)7-9-20/h4-14H,15H2,1-3H3,(H,27,31)(H,25,26,29). The van der Waals surface area contributed by atoms with E-state index in [9.17, 15) is 13.2 Å². The van der Waals surface area contributed by atoms with Gasteiger partial charge in [-0.3, -0.25) is 4.79 Å². The summed E-state index contributed by atoms with van der Waals surface area (Å²) < 4.78 is 39.9. The molecule has 0 aliphatic carbocycles. The number of rotatable bonds is 9. The van der Waals surface area contributed by atoms with E-state index in [4.69, 9.17) is 9.47 Å². The van der Waals surface area contributed by atoms with Gasteiger partial charge in [0.1, 0.15) is 11.5 Å². The number of nitrogens with one attached hydrogen (secondary N) is 2. The van der Waals surface area contributed by atoms with Gasteiger partial charge in [-0.25, -0.2) is 27.8 Å². The molecule has 1 amide bonds. The van der Waals surface area contributed by atoms with Crippen LogP contribution in [0.4, 0.5) is 11.6 Å². The first-order valence-electron chi connectivity index (χ1n) is 10.8. The molecule has 0 bridgehead atoms. The lowest BCUT2D eigenvalue weighted by Crippen LogP contribution is -2.16. The maximum atomic E-state index is 12.7. The van der Waals surface area contributed by atoms with Crippen molar-refractivity contribution in [2.75, 3.05) is 17.1 Å². The molecule has 12 heteroatoms. The number of hydrogen-bond acceptors (Lipinski definition) is 8. The minimum Gasteiger partial charge on any atom is -0.497 e. The van der Waals surface area contributed by atoms with E-state index in [-0.39, 0.29) is 23.3 Å². The lowest BCUT2D eigenvalue weighted by Gasteiger charge is -2.09. The monoisotopic (exact) mass is 508 g/mol. The largest absolute Gasteiger partial charge is 0.497 e. The summed E-state index contributed by atoms with van der Waals surface area (Å²) in [7, 11) is -2.31. The molecule has 11 nitrogen and oxygen atoms in total.